The number of carbonyl (C=O) groups excluding carboxylic acids is 2. The van der Waals surface area contributed by atoms with E-state index in [4.69, 9.17) is 0 Å². The van der Waals surface area contributed by atoms with E-state index in [1.807, 2.05) is 11.4 Å². The molecule has 2 heterocycles. The highest BCUT2D eigenvalue weighted by atomic mass is 32.1. The fraction of sp³-hybridized carbons (Fsp3) is 0.267. The van der Waals surface area contributed by atoms with Gasteiger partial charge in [-0.3, -0.25) is 14.4 Å². The van der Waals surface area contributed by atoms with Gasteiger partial charge in [-0.15, -0.1) is 11.3 Å². The zero-order valence-corrected chi connectivity index (χ0v) is 12.6. The summed E-state index contributed by atoms with van der Waals surface area (Å²) in [7, 11) is 1.59. The van der Waals surface area contributed by atoms with Crippen LogP contribution in [-0.2, 0) is 7.05 Å². The second-order valence-corrected chi connectivity index (χ2v) is 5.79. The number of rotatable bonds is 5. The first-order chi connectivity index (χ1) is 9.97. The Hall–Kier alpha value is -2.21. The van der Waals surface area contributed by atoms with Crippen LogP contribution in [0, 0.1) is 0 Å². The fourth-order valence-corrected chi connectivity index (χ4v) is 2.58. The molecule has 0 fully saturated rings. The monoisotopic (exact) mass is 304 g/mol. The van der Waals surface area contributed by atoms with Crippen molar-refractivity contribution in [3.8, 4) is 0 Å². The van der Waals surface area contributed by atoms with Crippen LogP contribution in [0.15, 0.2) is 40.6 Å². The van der Waals surface area contributed by atoms with E-state index in [0.717, 1.165) is 0 Å². The van der Waals surface area contributed by atoms with Gasteiger partial charge in [0, 0.05) is 31.8 Å². The molecule has 5 nitrogen and oxygen atoms in total. The lowest BCUT2D eigenvalue weighted by atomic mass is 10.1. The molecule has 2 rings (SSSR count). The minimum atomic E-state index is -0.294. The molecule has 0 aliphatic heterocycles. The van der Waals surface area contributed by atoms with E-state index in [0.29, 0.717) is 10.4 Å². The summed E-state index contributed by atoms with van der Waals surface area (Å²) in [5.41, 5.74) is 0.222. The smallest absolute Gasteiger partial charge is 0.252 e. The number of aryl methyl sites for hydroxylation is 1. The normalized spacial score (nSPS) is 11.9. The molecule has 110 valence electrons. The molecule has 0 saturated heterocycles. The van der Waals surface area contributed by atoms with Gasteiger partial charge in [0.2, 0.25) is 5.56 Å². The first-order valence-corrected chi connectivity index (χ1v) is 7.39. The quantitative estimate of drug-likeness (QED) is 0.857. The number of thiophene rings is 1. The highest BCUT2D eigenvalue weighted by Gasteiger charge is 2.15. The largest absolute Gasteiger partial charge is 0.349 e. The lowest BCUT2D eigenvalue weighted by Crippen LogP contribution is -2.34. The van der Waals surface area contributed by atoms with E-state index in [2.05, 4.69) is 5.32 Å². The molecule has 0 aliphatic carbocycles. The van der Waals surface area contributed by atoms with Crippen molar-refractivity contribution in [1.29, 1.82) is 0 Å². The molecule has 0 radical (unpaired) electrons. The second kappa shape index (κ2) is 6.49. The first kappa shape index (κ1) is 15.2. The predicted octanol–water partition coefficient (Wildman–Crippen LogP) is 1.84. The van der Waals surface area contributed by atoms with E-state index < -0.39 is 0 Å². The number of nitrogens with one attached hydrogen (secondary N) is 1. The van der Waals surface area contributed by atoms with Gasteiger partial charge in [0.25, 0.3) is 5.91 Å². The van der Waals surface area contributed by atoms with Crippen molar-refractivity contribution >= 4 is 23.0 Å². The van der Waals surface area contributed by atoms with Crippen LogP contribution in [0.1, 0.15) is 33.4 Å². The molecule has 2 aromatic rings. The minimum absolute atomic E-state index is 0.0123. The zero-order valence-electron chi connectivity index (χ0n) is 11.8. The van der Waals surface area contributed by atoms with Gasteiger partial charge < -0.3 is 9.88 Å². The average Bonchev–Trinajstić information content (AvgIpc) is 2.95. The maximum Gasteiger partial charge on any atom is 0.252 e. The number of amides is 1. The fourth-order valence-electron chi connectivity index (χ4n) is 1.90. The molecule has 2 aromatic heterocycles. The van der Waals surface area contributed by atoms with Crippen molar-refractivity contribution in [1.82, 2.24) is 9.88 Å². The number of Topliss-reactive ketones (excluding diaryl/α,β-unsaturated/α-hetero) is 1. The van der Waals surface area contributed by atoms with Crippen LogP contribution in [0.3, 0.4) is 0 Å². The molecule has 0 unspecified atom stereocenters. The Balaban J connectivity index is 1.97. The number of hydrogen-bond donors (Lipinski definition) is 1. The van der Waals surface area contributed by atoms with Gasteiger partial charge in [0.05, 0.1) is 10.4 Å². The Morgan fingerprint density at radius 3 is 2.71 bits per heavy atom. The maximum atomic E-state index is 12.1. The third-order valence-corrected chi connectivity index (χ3v) is 3.92. The van der Waals surface area contributed by atoms with Crippen LogP contribution in [0.2, 0.25) is 0 Å². The Morgan fingerprint density at radius 1 is 1.33 bits per heavy atom. The van der Waals surface area contributed by atoms with Crippen LogP contribution >= 0.6 is 11.3 Å². The van der Waals surface area contributed by atoms with Gasteiger partial charge in [-0.05, 0) is 24.4 Å². The van der Waals surface area contributed by atoms with Crippen molar-refractivity contribution in [3.05, 3.63) is 56.6 Å². The summed E-state index contributed by atoms with van der Waals surface area (Å²) in [6.07, 6.45) is 1.73. The van der Waals surface area contributed by atoms with Crippen molar-refractivity contribution in [2.75, 3.05) is 0 Å². The summed E-state index contributed by atoms with van der Waals surface area (Å²) in [6.45, 7) is 1.78. The molecule has 0 aliphatic rings. The summed E-state index contributed by atoms with van der Waals surface area (Å²) in [6, 6.07) is 6.14. The average molecular weight is 304 g/mol. The van der Waals surface area contributed by atoms with Crippen LogP contribution in [0.25, 0.3) is 0 Å². The molecular formula is C15H16N2O3S. The van der Waals surface area contributed by atoms with Crippen LogP contribution in [0.4, 0.5) is 0 Å². The van der Waals surface area contributed by atoms with Crippen LogP contribution in [0.5, 0.6) is 0 Å². The van der Waals surface area contributed by atoms with Crippen molar-refractivity contribution in [3.63, 3.8) is 0 Å². The Morgan fingerprint density at radius 2 is 2.10 bits per heavy atom. The molecule has 0 saturated carbocycles. The highest BCUT2D eigenvalue weighted by molar-refractivity contribution is 7.12. The van der Waals surface area contributed by atoms with Gasteiger partial charge in [-0.1, -0.05) is 6.07 Å². The molecule has 0 aromatic carbocycles. The van der Waals surface area contributed by atoms with E-state index in [-0.39, 0.29) is 29.7 Å². The number of pyridine rings is 1. The number of ketones is 1. The van der Waals surface area contributed by atoms with Crippen molar-refractivity contribution in [2.45, 2.75) is 19.4 Å². The van der Waals surface area contributed by atoms with E-state index >= 15 is 0 Å². The highest BCUT2D eigenvalue weighted by Crippen LogP contribution is 2.12. The minimum Gasteiger partial charge on any atom is -0.349 e. The van der Waals surface area contributed by atoms with E-state index in [9.17, 15) is 14.4 Å². The Labute approximate surface area is 126 Å². The summed E-state index contributed by atoms with van der Waals surface area (Å²) < 4.78 is 1.34. The number of nitrogens with zero attached hydrogens (tertiary/aromatic N) is 1. The van der Waals surface area contributed by atoms with Crippen LogP contribution in [-0.4, -0.2) is 22.3 Å². The Bertz CT molecular complexity index is 704. The Kier molecular flexibility index (Phi) is 4.70. The lowest BCUT2D eigenvalue weighted by Gasteiger charge is -2.13. The van der Waals surface area contributed by atoms with E-state index in [1.54, 1.807) is 20.0 Å². The van der Waals surface area contributed by atoms with Gasteiger partial charge in [0.1, 0.15) is 0 Å². The van der Waals surface area contributed by atoms with Crippen molar-refractivity contribution < 1.29 is 9.59 Å². The SMILES string of the molecule is C[C@@H](CC(=O)c1cccs1)NC(=O)c1ccc(=O)n(C)c1. The van der Waals surface area contributed by atoms with Crippen molar-refractivity contribution in [2.24, 2.45) is 7.05 Å². The topological polar surface area (TPSA) is 68.2 Å². The lowest BCUT2D eigenvalue weighted by molar-refractivity contribution is 0.0919. The zero-order chi connectivity index (χ0) is 15.4. The maximum absolute atomic E-state index is 12.1. The molecule has 0 bridgehead atoms. The summed E-state index contributed by atoms with van der Waals surface area (Å²) in [5, 5.41) is 4.61. The number of hydrogen-bond acceptors (Lipinski definition) is 4. The molecule has 0 spiro atoms. The molecule has 1 amide bonds. The third kappa shape index (κ3) is 3.88. The number of aromatic nitrogens is 1. The van der Waals surface area contributed by atoms with Gasteiger partial charge in [-0.2, -0.15) is 0 Å². The standard InChI is InChI=1S/C15H16N2O3S/c1-10(8-12(18)13-4-3-7-21-13)16-15(20)11-5-6-14(19)17(2)9-11/h3-7,9-10H,8H2,1-2H3,(H,16,20)/t10-/m0/s1. The molecule has 1 N–H and O–H groups in total. The summed E-state index contributed by atoms with van der Waals surface area (Å²) in [4.78, 5) is 36.0. The van der Waals surface area contributed by atoms with Gasteiger partial charge >= 0.3 is 0 Å². The molecule has 6 heteroatoms. The molecule has 21 heavy (non-hydrogen) atoms. The molecule has 1 atom stereocenters. The number of carbonyl (C=O) groups is 2. The predicted molar refractivity (Wildman–Crippen MR) is 81.9 cm³/mol. The first-order valence-electron chi connectivity index (χ1n) is 6.51. The third-order valence-electron chi connectivity index (χ3n) is 3.01. The summed E-state index contributed by atoms with van der Waals surface area (Å²) in [5.74, 6) is -0.282. The van der Waals surface area contributed by atoms with Gasteiger partial charge in [0.15, 0.2) is 5.78 Å². The second-order valence-electron chi connectivity index (χ2n) is 4.85. The van der Waals surface area contributed by atoms with E-state index in [1.165, 1.54) is 34.2 Å². The van der Waals surface area contributed by atoms with Gasteiger partial charge in [-0.25, -0.2) is 0 Å². The summed E-state index contributed by atoms with van der Waals surface area (Å²) >= 11 is 1.39. The molecular weight excluding hydrogens is 288 g/mol. The van der Waals surface area contributed by atoms with Crippen LogP contribution < -0.4 is 10.9 Å².